The van der Waals surface area contributed by atoms with E-state index in [0.717, 1.165) is 22.9 Å². The summed E-state index contributed by atoms with van der Waals surface area (Å²) in [5.74, 6) is -4.17. The fourth-order valence-electron chi connectivity index (χ4n) is 5.69. The molecule has 13 nitrogen and oxygen atoms in total. The molecule has 2 heterocycles. The second-order valence-corrected chi connectivity index (χ2v) is 11.0. The second-order valence-electron chi connectivity index (χ2n) is 11.0. The van der Waals surface area contributed by atoms with E-state index in [0.29, 0.717) is 16.7 Å². The van der Waals surface area contributed by atoms with Crippen LogP contribution in [0, 0.1) is 0 Å². The lowest BCUT2D eigenvalue weighted by Crippen LogP contribution is -2.71. The number of nitrogens with one attached hydrogen (secondary N) is 1. The lowest BCUT2D eigenvalue weighted by molar-refractivity contribution is -0.305. The van der Waals surface area contributed by atoms with Gasteiger partial charge in [-0.3, -0.25) is 4.79 Å². The monoisotopic (exact) mass is 631 g/mol. The number of benzene rings is 4. The first-order chi connectivity index (χ1) is 21.9. The van der Waals surface area contributed by atoms with Gasteiger partial charge in [0.15, 0.2) is 16.9 Å². The summed E-state index contributed by atoms with van der Waals surface area (Å²) < 4.78 is 17.0. The quantitative estimate of drug-likeness (QED) is 0.121. The summed E-state index contributed by atoms with van der Waals surface area (Å²) in [6.45, 7) is -0.507. The van der Waals surface area contributed by atoms with Crippen LogP contribution in [-0.2, 0) is 9.53 Å². The highest BCUT2D eigenvalue weighted by Crippen LogP contribution is 2.44. The summed E-state index contributed by atoms with van der Waals surface area (Å²) in [6, 6.07) is 20.0. The molecule has 1 fully saturated rings. The van der Waals surface area contributed by atoms with Crippen molar-refractivity contribution in [2.45, 2.75) is 30.2 Å². The van der Waals surface area contributed by atoms with Gasteiger partial charge in [-0.2, -0.15) is 0 Å². The first-order valence-electron chi connectivity index (χ1n) is 14.1. The van der Waals surface area contributed by atoms with Gasteiger partial charge in [0, 0.05) is 24.2 Å². The van der Waals surface area contributed by atoms with Gasteiger partial charge in [-0.25, -0.2) is 4.79 Å². The third-order valence-corrected chi connectivity index (χ3v) is 8.06. The highest BCUT2D eigenvalue weighted by molar-refractivity contribution is 5.93. The summed E-state index contributed by atoms with van der Waals surface area (Å²) in [6.07, 6.45) is -8.10. The van der Waals surface area contributed by atoms with Crippen molar-refractivity contribution in [3.63, 3.8) is 0 Å². The zero-order valence-corrected chi connectivity index (χ0v) is 24.1. The second kappa shape index (κ2) is 11.6. The summed E-state index contributed by atoms with van der Waals surface area (Å²) in [5, 5.41) is 77.2. The van der Waals surface area contributed by atoms with Gasteiger partial charge in [0.2, 0.25) is 17.6 Å². The molecule has 0 radical (unpaired) electrons. The van der Waals surface area contributed by atoms with E-state index in [1.54, 1.807) is 6.07 Å². The molecule has 0 unspecified atom stereocenters. The van der Waals surface area contributed by atoms with E-state index in [-0.39, 0.29) is 17.1 Å². The Hall–Kier alpha value is -5.18. The van der Waals surface area contributed by atoms with E-state index in [9.17, 15) is 45.3 Å². The van der Waals surface area contributed by atoms with Gasteiger partial charge < -0.3 is 55.0 Å². The molecular weight excluding hydrogens is 602 g/mol. The van der Waals surface area contributed by atoms with E-state index >= 15 is 0 Å². The van der Waals surface area contributed by atoms with Gasteiger partial charge in [-0.05, 0) is 53.2 Å². The van der Waals surface area contributed by atoms with Crippen molar-refractivity contribution in [1.29, 1.82) is 0 Å². The average Bonchev–Trinajstić information content (AvgIpc) is 3.04. The minimum absolute atomic E-state index is 0.0307. The number of phenolic OH excluding ortho intramolecular Hbond substituents is 3. The molecule has 238 valence electrons. The Labute approximate surface area is 259 Å². The predicted octanol–water partition coefficient (Wildman–Crippen LogP) is 2.26. The Morgan fingerprint density at radius 3 is 2.35 bits per heavy atom. The van der Waals surface area contributed by atoms with Gasteiger partial charge in [-0.1, -0.05) is 36.4 Å². The van der Waals surface area contributed by atoms with Crippen LogP contribution in [0.2, 0.25) is 0 Å². The fourth-order valence-corrected chi connectivity index (χ4v) is 5.69. The molecule has 0 amide bonds. The SMILES string of the molecule is CNC[C@]1(C(=O)O)O[C@@H](Oc2cc3oc(-c4ccc(O)cc4-c4ccc5ccccc5c4)cc(=O)c3c(O)c2O)[C@H](O)[C@@H](O)[C@@H]1O. The summed E-state index contributed by atoms with van der Waals surface area (Å²) in [5.41, 5.74) is -1.84. The van der Waals surface area contributed by atoms with Gasteiger partial charge in [0.05, 0.1) is 0 Å². The van der Waals surface area contributed by atoms with Crippen molar-refractivity contribution >= 4 is 27.7 Å². The molecule has 4 aromatic carbocycles. The highest BCUT2D eigenvalue weighted by Gasteiger charge is 2.59. The van der Waals surface area contributed by atoms with E-state index in [4.69, 9.17) is 13.9 Å². The normalized spacial score (nSPS) is 23.0. The summed E-state index contributed by atoms with van der Waals surface area (Å²) in [7, 11) is 1.38. The smallest absolute Gasteiger partial charge is 0.340 e. The van der Waals surface area contributed by atoms with Crippen molar-refractivity contribution in [2.75, 3.05) is 13.6 Å². The Balaban J connectivity index is 1.45. The van der Waals surface area contributed by atoms with Crippen LogP contribution in [0.15, 0.2) is 82.0 Å². The van der Waals surface area contributed by atoms with E-state index in [1.165, 1.54) is 19.2 Å². The number of aliphatic carboxylic acids is 1. The molecule has 5 aromatic rings. The van der Waals surface area contributed by atoms with Crippen molar-refractivity contribution < 1.29 is 54.4 Å². The van der Waals surface area contributed by atoms with E-state index < -0.39 is 70.8 Å². The molecule has 0 bridgehead atoms. The molecule has 5 atom stereocenters. The van der Waals surface area contributed by atoms with Gasteiger partial charge in [0.1, 0.15) is 40.8 Å². The molecule has 1 saturated heterocycles. The van der Waals surface area contributed by atoms with Crippen LogP contribution in [0.3, 0.4) is 0 Å². The molecule has 6 rings (SSSR count). The molecule has 8 N–H and O–H groups in total. The molecule has 46 heavy (non-hydrogen) atoms. The standard InChI is InChI=1S/C33H29NO12/c1-34-14-33(32(42)43)30(41)28(39)29(40)31(46-33)45-24-13-23-25(27(38)26(24)37)21(36)12-22(44-23)19-9-8-18(35)11-20(19)17-7-6-15-4-2-3-5-16(15)10-17/h2-13,28-31,34-35,37-41H,14H2,1H3,(H,42,43)/t28-,29-,30+,31-,33+/m1/s1. The van der Waals surface area contributed by atoms with Crippen LogP contribution in [0.5, 0.6) is 23.0 Å². The number of phenols is 3. The third kappa shape index (κ3) is 5.05. The van der Waals surface area contributed by atoms with Crippen molar-refractivity contribution in [2.24, 2.45) is 0 Å². The minimum Gasteiger partial charge on any atom is -0.508 e. The minimum atomic E-state index is -2.47. The average molecular weight is 632 g/mol. The molecule has 1 aliphatic heterocycles. The summed E-state index contributed by atoms with van der Waals surface area (Å²) in [4.78, 5) is 25.4. The van der Waals surface area contributed by atoms with Gasteiger partial charge >= 0.3 is 5.97 Å². The van der Waals surface area contributed by atoms with Crippen LogP contribution in [0.25, 0.3) is 44.2 Å². The number of aliphatic hydroxyl groups is 3. The molecule has 0 saturated carbocycles. The first kappa shape index (κ1) is 30.8. The van der Waals surface area contributed by atoms with Gasteiger partial charge in [-0.15, -0.1) is 0 Å². The Morgan fingerprint density at radius 2 is 1.63 bits per heavy atom. The number of carboxylic acids is 1. The van der Waals surface area contributed by atoms with E-state index in [2.05, 4.69) is 5.32 Å². The lowest BCUT2D eigenvalue weighted by Gasteiger charge is -2.45. The molecule has 0 aliphatic carbocycles. The van der Waals surface area contributed by atoms with E-state index in [1.807, 2.05) is 42.5 Å². The molecular formula is C33H29NO12. The van der Waals surface area contributed by atoms with Crippen molar-refractivity contribution in [3.8, 4) is 45.4 Å². The Morgan fingerprint density at radius 1 is 0.891 bits per heavy atom. The zero-order valence-electron chi connectivity index (χ0n) is 24.1. The van der Waals surface area contributed by atoms with Crippen molar-refractivity contribution in [3.05, 3.63) is 83.0 Å². The van der Waals surface area contributed by atoms with Gasteiger partial charge in [0.25, 0.3) is 0 Å². The number of ether oxygens (including phenoxy) is 2. The van der Waals surface area contributed by atoms with Crippen LogP contribution in [0.4, 0.5) is 0 Å². The molecule has 1 aliphatic rings. The molecule has 13 heteroatoms. The van der Waals surface area contributed by atoms with Crippen LogP contribution in [0.1, 0.15) is 0 Å². The van der Waals surface area contributed by atoms with Crippen LogP contribution >= 0.6 is 0 Å². The number of fused-ring (bicyclic) bond motifs is 2. The van der Waals surface area contributed by atoms with Crippen molar-refractivity contribution in [1.82, 2.24) is 5.32 Å². The maximum absolute atomic E-state index is 13.3. The third-order valence-electron chi connectivity index (χ3n) is 8.06. The molecule has 1 aromatic heterocycles. The number of carboxylic acid groups (broad SMARTS) is 1. The fraction of sp³-hybridized carbons (Fsp3) is 0.212. The maximum Gasteiger partial charge on any atom is 0.340 e. The largest absolute Gasteiger partial charge is 0.508 e. The summed E-state index contributed by atoms with van der Waals surface area (Å²) >= 11 is 0. The predicted molar refractivity (Wildman–Crippen MR) is 164 cm³/mol. The maximum atomic E-state index is 13.3. The number of aliphatic hydroxyl groups excluding tert-OH is 3. The molecule has 0 spiro atoms. The number of hydrogen-bond acceptors (Lipinski definition) is 12. The topological polar surface area (TPSA) is 219 Å². The zero-order chi connectivity index (χ0) is 32.9. The number of carbonyl (C=O) groups is 1. The number of hydrogen-bond donors (Lipinski definition) is 8. The number of rotatable bonds is 7. The first-order valence-corrected chi connectivity index (χ1v) is 14.1. The highest BCUT2D eigenvalue weighted by atomic mass is 16.7. The van der Waals surface area contributed by atoms with Crippen LogP contribution in [-0.4, -0.2) is 85.5 Å². The Bertz CT molecular complexity index is 2040. The number of aromatic hydroxyl groups is 3. The number of likely N-dealkylation sites (N-methyl/N-ethyl adjacent to an activating group) is 1. The lowest BCUT2D eigenvalue weighted by atomic mass is 9.86. The Kier molecular flexibility index (Phi) is 7.80. The van der Waals surface area contributed by atoms with Crippen LogP contribution < -0.4 is 15.5 Å².